The van der Waals surface area contributed by atoms with Gasteiger partial charge in [0, 0.05) is 18.3 Å². The Bertz CT molecular complexity index is 673. The van der Waals surface area contributed by atoms with Crippen LogP contribution in [0.3, 0.4) is 0 Å². The first kappa shape index (κ1) is 18.7. The number of esters is 1. The predicted octanol–water partition coefficient (Wildman–Crippen LogP) is 2.76. The van der Waals surface area contributed by atoms with Crippen LogP contribution in [0.4, 0.5) is 17.3 Å². The van der Waals surface area contributed by atoms with Gasteiger partial charge < -0.3 is 20.3 Å². The summed E-state index contributed by atoms with van der Waals surface area (Å²) in [6.45, 7) is 4.03. The number of hydrogen-bond donors (Lipinski definition) is 2. The Morgan fingerprint density at radius 2 is 1.88 bits per heavy atom. The van der Waals surface area contributed by atoms with Gasteiger partial charge in [-0.15, -0.1) is 0 Å². The van der Waals surface area contributed by atoms with Gasteiger partial charge in [-0.05, 0) is 58.3 Å². The van der Waals surface area contributed by atoms with Crippen LogP contribution in [0.25, 0.3) is 0 Å². The van der Waals surface area contributed by atoms with Crippen LogP contribution >= 0.6 is 0 Å². The summed E-state index contributed by atoms with van der Waals surface area (Å²) in [7, 11) is 4.11. The number of ether oxygens (including phenoxy) is 1. The molecule has 1 heterocycles. The molecule has 0 radical (unpaired) electrons. The van der Waals surface area contributed by atoms with Gasteiger partial charge in [-0.1, -0.05) is 0 Å². The molecule has 0 atom stereocenters. The Morgan fingerprint density at radius 3 is 2.56 bits per heavy atom. The highest BCUT2D eigenvalue weighted by atomic mass is 16.5. The fourth-order valence-electron chi connectivity index (χ4n) is 2.19. The molecule has 0 saturated carbocycles. The van der Waals surface area contributed by atoms with Gasteiger partial charge in [-0.3, -0.25) is 0 Å². The maximum Gasteiger partial charge on any atom is 0.338 e. The van der Waals surface area contributed by atoms with Gasteiger partial charge in [0.25, 0.3) is 0 Å². The second kappa shape index (κ2) is 9.58. The van der Waals surface area contributed by atoms with Crippen molar-refractivity contribution in [2.24, 2.45) is 0 Å². The molecular formula is C18H25N5O2. The van der Waals surface area contributed by atoms with E-state index in [2.05, 4.69) is 39.6 Å². The molecule has 1 aromatic carbocycles. The summed E-state index contributed by atoms with van der Waals surface area (Å²) in [6.07, 6.45) is 2.55. The zero-order valence-electron chi connectivity index (χ0n) is 15.0. The lowest BCUT2D eigenvalue weighted by atomic mass is 10.2. The van der Waals surface area contributed by atoms with Gasteiger partial charge in [-0.25, -0.2) is 14.8 Å². The van der Waals surface area contributed by atoms with Gasteiger partial charge in [-0.2, -0.15) is 0 Å². The molecule has 25 heavy (non-hydrogen) atoms. The number of nitrogens with one attached hydrogen (secondary N) is 2. The van der Waals surface area contributed by atoms with E-state index >= 15 is 0 Å². The van der Waals surface area contributed by atoms with Crippen molar-refractivity contribution in [3.63, 3.8) is 0 Å². The third-order valence-electron chi connectivity index (χ3n) is 3.42. The lowest BCUT2D eigenvalue weighted by molar-refractivity contribution is 0.0526. The molecule has 2 aromatic rings. The normalized spacial score (nSPS) is 10.6. The number of nitrogens with zero attached hydrogens (tertiary/aromatic N) is 3. The van der Waals surface area contributed by atoms with Crippen molar-refractivity contribution < 1.29 is 9.53 Å². The van der Waals surface area contributed by atoms with Crippen LogP contribution in [0.15, 0.2) is 36.7 Å². The van der Waals surface area contributed by atoms with E-state index in [0.29, 0.717) is 18.0 Å². The summed E-state index contributed by atoms with van der Waals surface area (Å²) in [5.74, 6) is 1.15. The Kier molecular flexibility index (Phi) is 7.16. The van der Waals surface area contributed by atoms with E-state index < -0.39 is 0 Å². The second-order valence-electron chi connectivity index (χ2n) is 5.79. The highest BCUT2D eigenvalue weighted by molar-refractivity contribution is 5.89. The molecule has 134 valence electrons. The number of aromatic nitrogens is 2. The van der Waals surface area contributed by atoms with Crippen LogP contribution in [-0.2, 0) is 4.74 Å². The molecule has 1 aromatic heterocycles. The highest BCUT2D eigenvalue weighted by Gasteiger charge is 2.06. The number of carbonyl (C=O) groups is 1. The lowest BCUT2D eigenvalue weighted by Crippen LogP contribution is -2.16. The molecule has 0 saturated heterocycles. The van der Waals surface area contributed by atoms with E-state index in [0.717, 1.165) is 31.0 Å². The summed E-state index contributed by atoms with van der Waals surface area (Å²) in [5.41, 5.74) is 1.36. The summed E-state index contributed by atoms with van der Waals surface area (Å²) in [4.78, 5) is 22.2. The minimum Gasteiger partial charge on any atom is -0.462 e. The van der Waals surface area contributed by atoms with Gasteiger partial charge in [0.05, 0.1) is 12.2 Å². The maximum atomic E-state index is 11.7. The predicted molar refractivity (Wildman–Crippen MR) is 99.4 cm³/mol. The average Bonchev–Trinajstić information content (AvgIpc) is 2.60. The van der Waals surface area contributed by atoms with E-state index in [1.54, 1.807) is 19.1 Å². The van der Waals surface area contributed by atoms with Crippen molar-refractivity contribution in [2.75, 3.05) is 44.4 Å². The van der Waals surface area contributed by atoms with Gasteiger partial charge in [0.15, 0.2) is 0 Å². The topological polar surface area (TPSA) is 79.4 Å². The van der Waals surface area contributed by atoms with Crippen molar-refractivity contribution in [1.29, 1.82) is 0 Å². The van der Waals surface area contributed by atoms with E-state index in [-0.39, 0.29) is 5.97 Å². The first-order chi connectivity index (χ1) is 12.1. The Balaban J connectivity index is 1.91. The molecule has 0 unspecified atom stereocenters. The summed E-state index contributed by atoms with van der Waals surface area (Å²) >= 11 is 0. The molecule has 0 aliphatic carbocycles. The third-order valence-corrected chi connectivity index (χ3v) is 3.42. The molecule has 0 spiro atoms. The first-order valence-electron chi connectivity index (χ1n) is 8.33. The van der Waals surface area contributed by atoms with Crippen LogP contribution in [0.5, 0.6) is 0 Å². The smallest absolute Gasteiger partial charge is 0.338 e. The molecular weight excluding hydrogens is 318 g/mol. The molecule has 0 aliphatic rings. The molecule has 0 aliphatic heterocycles. The molecule has 2 N–H and O–H groups in total. The van der Waals surface area contributed by atoms with E-state index in [9.17, 15) is 4.79 Å². The summed E-state index contributed by atoms with van der Waals surface area (Å²) in [6, 6.07) is 8.94. The van der Waals surface area contributed by atoms with Crippen molar-refractivity contribution in [2.45, 2.75) is 13.3 Å². The molecule has 7 nitrogen and oxygen atoms in total. The number of anilines is 3. The quantitative estimate of drug-likeness (QED) is 0.535. The van der Waals surface area contributed by atoms with Crippen LogP contribution in [0.1, 0.15) is 23.7 Å². The zero-order valence-corrected chi connectivity index (χ0v) is 15.0. The molecule has 2 rings (SSSR count). The highest BCUT2D eigenvalue weighted by Crippen LogP contribution is 2.17. The molecule has 0 amide bonds. The summed E-state index contributed by atoms with van der Waals surface area (Å²) < 4.78 is 4.97. The standard InChI is InChI=1S/C18H25N5O2/c1-4-25-18(24)14-6-8-15(9-7-14)22-17-12-16(20-13-21-17)19-10-5-11-23(2)3/h6-9,12-13H,4-5,10-11H2,1-3H3,(H2,19,20,21,22). The van der Waals surface area contributed by atoms with E-state index in [1.165, 1.54) is 6.33 Å². The monoisotopic (exact) mass is 343 g/mol. The first-order valence-corrected chi connectivity index (χ1v) is 8.33. The fourth-order valence-corrected chi connectivity index (χ4v) is 2.19. The minimum absolute atomic E-state index is 0.319. The van der Waals surface area contributed by atoms with Gasteiger partial charge in [0.2, 0.25) is 0 Å². The Morgan fingerprint density at radius 1 is 1.16 bits per heavy atom. The number of carbonyl (C=O) groups excluding carboxylic acids is 1. The maximum absolute atomic E-state index is 11.7. The minimum atomic E-state index is -0.319. The Hall–Kier alpha value is -2.67. The van der Waals surface area contributed by atoms with Crippen LogP contribution in [0.2, 0.25) is 0 Å². The van der Waals surface area contributed by atoms with Crippen LogP contribution < -0.4 is 10.6 Å². The number of benzene rings is 1. The second-order valence-corrected chi connectivity index (χ2v) is 5.79. The van der Waals surface area contributed by atoms with E-state index in [1.807, 2.05) is 18.2 Å². The van der Waals surface area contributed by atoms with Gasteiger partial charge in [0.1, 0.15) is 18.0 Å². The van der Waals surface area contributed by atoms with Crippen LogP contribution in [-0.4, -0.2) is 54.6 Å². The number of rotatable bonds is 9. The largest absolute Gasteiger partial charge is 0.462 e. The van der Waals surface area contributed by atoms with Crippen molar-refractivity contribution in [1.82, 2.24) is 14.9 Å². The number of hydrogen-bond acceptors (Lipinski definition) is 7. The lowest BCUT2D eigenvalue weighted by Gasteiger charge is -2.11. The molecule has 0 fully saturated rings. The third kappa shape index (κ3) is 6.39. The Labute approximate surface area is 148 Å². The van der Waals surface area contributed by atoms with Crippen molar-refractivity contribution >= 4 is 23.3 Å². The van der Waals surface area contributed by atoms with Crippen molar-refractivity contribution in [3.8, 4) is 0 Å². The summed E-state index contributed by atoms with van der Waals surface area (Å²) in [5, 5.41) is 6.48. The van der Waals surface area contributed by atoms with E-state index in [4.69, 9.17) is 4.74 Å². The molecule has 7 heteroatoms. The molecule has 0 bridgehead atoms. The average molecular weight is 343 g/mol. The fraction of sp³-hybridized carbons (Fsp3) is 0.389. The van der Waals surface area contributed by atoms with Gasteiger partial charge >= 0.3 is 5.97 Å². The van der Waals surface area contributed by atoms with Crippen molar-refractivity contribution in [3.05, 3.63) is 42.2 Å². The SMILES string of the molecule is CCOC(=O)c1ccc(Nc2cc(NCCCN(C)C)ncn2)cc1. The van der Waals surface area contributed by atoms with Crippen LogP contribution in [0, 0.1) is 0 Å². The zero-order chi connectivity index (χ0) is 18.1.